The molecule has 0 N–H and O–H groups in total. The van der Waals surface area contributed by atoms with E-state index in [4.69, 9.17) is 14.2 Å². The molecule has 0 aliphatic carbocycles. The first kappa shape index (κ1) is 69.5. The van der Waals surface area contributed by atoms with E-state index >= 15 is 0 Å². The summed E-state index contributed by atoms with van der Waals surface area (Å²) in [5, 5.41) is 0. The summed E-state index contributed by atoms with van der Waals surface area (Å²) in [6.45, 7) is 6.33. The van der Waals surface area contributed by atoms with E-state index in [1.165, 1.54) is 70.6 Å². The van der Waals surface area contributed by atoms with Crippen molar-refractivity contribution in [2.24, 2.45) is 0 Å². The van der Waals surface area contributed by atoms with Crippen LogP contribution in [0.1, 0.15) is 258 Å². The van der Waals surface area contributed by atoms with Crippen LogP contribution >= 0.6 is 0 Å². The van der Waals surface area contributed by atoms with Crippen LogP contribution in [0.25, 0.3) is 0 Å². The van der Waals surface area contributed by atoms with Gasteiger partial charge in [-0.25, -0.2) is 0 Å². The van der Waals surface area contributed by atoms with Crippen molar-refractivity contribution in [3.63, 3.8) is 0 Å². The number of carbonyl (C=O) groups is 3. The predicted molar refractivity (Wildman–Crippen MR) is 320 cm³/mol. The summed E-state index contributed by atoms with van der Waals surface area (Å²) in [7, 11) is 0. The molecule has 6 nitrogen and oxygen atoms in total. The smallest absolute Gasteiger partial charge is 0.306 e. The Balaban J connectivity index is 4.21. The van der Waals surface area contributed by atoms with Crippen LogP contribution in [-0.4, -0.2) is 37.2 Å². The van der Waals surface area contributed by atoms with Gasteiger partial charge >= 0.3 is 17.9 Å². The highest BCUT2D eigenvalue weighted by atomic mass is 16.6. The summed E-state index contributed by atoms with van der Waals surface area (Å²) in [6.07, 6.45) is 86.2. The number of esters is 3. The topological polar surface area (TPSA) is 78.9 Å². The zero-order chi connectivity index (χ0) is 53.6. The fraction of sp³-hybridized carbons (Fsp3) is 0.632. The van der Waals surface area contributed by atoms with E-state index in [1.807, 2.05) is 0 Å². The fourth-order valence-electron chi connectivity index (χ4n) is 7.94. The van der Waals surface area contributed by atoms with Crippen LogP contribution < -0.4 is 0 Å². The largest absolute Gasteiger partial charge is 0.462 e. The van der Waals surface area contributed by atoms with Crippen LogP contribution in [0.5, 0.6) is 0 Å². The molecule has 0 saturated heterocycles. The maximum atomic E-state index is 12.8. The lowest BCUT2D eigenvalue weighted by Crippen LogP contribution is -2.30. The average molecular weight is 1020 g/mol. The molecular formula is C68H110O6. The van der Waals surface area contributed by atoms with Crippen molar-refractivity contribution in [3.05, 3.63) is 134 Å². The summed E-state index contributed by atoms with van der Waals surface area (Å²) in [4.78, 5) is 38.0. The minimum Gasteiger partial charge on any atom is -0.462 e. The third-order valence-corrected chi connectivity index (χ3v) is 12.4. The zero-order valence-corrected chi connectivity index (χ0v) is 47.8. The van der Waals surface area contributed by atoms with E-state index in [0.717, 1.165) is 148 Å². The lowest BCUT2D eigenvalue weighted by atomic mass is 10.1. The van der Waals surface area contributed by atoms with Gasteiger partial charge in [0, 0.05) is 19.3 Å². The number of hydrogen-bond donors (Lipinski definition) is 0. The van der Waals surface area contributed by atoms with Crippen molar-refractivity contribution in [2.45, 2.75) is 264 Å². The molecule has 1 atom stereocenters. The molecule has 0 aromatic carbocycles. The summed E-state index contributed by atoms with van der Waals surface area (Å²) in [6, 6.07) is 0. The Bertz CT molecular complexity index is 1600. The van der Waals surface area contributed by atoms with Crippen molar-refractivity contribution >= 4 is 17.9 Å². The van der Waals surface area contributed by atoms with Crippen LogP contribution in [0.2, 0.25) is 0 Å². The maximum Gasteiger partial charge on any atom is 0.306 e. The second-order valence-corrected chi connectivity index (χ2v) is 19.5. The number of carbonyl (C=O) groups excluding carboxylic acids is 3. The van der Waals surface area contributed by atoms with E-state index in [2.05, 4.69) is 154 Å². The standard InChI is InChI=1S/C68H110O6/c1-4-7-10-13-16-18-20-22-24-26-28-30-32-34-36-38-40-42-44-46-48-50-52-55-58-61-67(70)73-64-65(63-72-66(69)60-57-54-15-12-9-6-3)74-68(71)62-59-56-53-51-49-47-45-43-41-39-37-35-33-31-29-27-25-23-21-19-17-14-11-8-5-2/h7-8,10-11,16-19,22-25,28-31,34-37,40,42,65H,4-6,9,12-15,20-21,26-27,32-33,38-39,41,43-64H2,1-3H3/b10-7-,11-8-,18-16-,19-17-,24-22-,25-23-,30-28-,31-29-,36-34-,37-35-,42-40-. The second-order valence-electron chi connectivity index (χ2n) is 19.5. The van der Waals surface area contributed by atoms with Gasteiger partial charge in [-0.05, 0) is 116 Å². The lowest BCUT2D eigenvalue weighted by Gasteiger charge is -2.18. The monoisotopic (exact) mass is 1020 g/mol. The highest BCUT2D eigenvalue weighted by molar-refractivity contribution is 5.71. The van der Waals surface area contributed by atoms with Crippen molar-refractivity contribution in [3.8, 4) is 0 Å². The number of allylic oxidation sites excluding steroid dienone is 22. The van der Waals surface area contributed by atoms with E-state index in [0.29, 0.717) is 19.3 Å². The molecule has 0 rings (SSSR count). The SMILES string of the molecule is CC/C=C\C/C=C\C/C=C\C/C=C\C/C=C\C/C=C\CCCCCCCCC(=O)OCC(COC(=O)CCCCCCCC)OC(=O)CCCCCCCCCCC/C=C\C/C=C\C/C=C\C/C=C\C/C=C\CC. The maximum absolute atomic E-state index is 12.8. The minimum absolute atomic E-state index is 0.0887. The molecule has 0 spiro atoms. The Morgan fingerprint density at radius 3 is 0.824 bits per heavy atom. The van der Waals surface area contributed by atoms with E-state index in [1.54, 1.807) is 0 Å². The molecule has 0 aromatic heterocycles. The first-order valence-electron chi connectivity index (χ1n) is 30.2. The molecule has 0 amide bonds. The van der Waals surface area contributed by atoms with Gasteiger partial charge < -0.3 is 14.2 Å². The summed E-state index contributed by atoms with van der Waals surface area (Å²) >= 11 is 0. The van der Waals surface area contributed by atoms with Crippen LogP contribution in [0.3, 0.4) is 0 Å². The normalized spacial score (nSPS) is 13.1. The molecule has 6 heteroatoms. The highest BCUT2D eigenvalue weighted by Crippen LogP contribution is 2.15. The molecule has 0 saturated carbocycles. The Morgan fingerprint density at radius 2 is 0.527 bits per heavy atom. The van der Waals surface area contributed by atoms with Gasteiger partial charge in [0.1, 0.15) is 13.2 Å². The van der Waals surface area contributed by atoms with Crippen molar-refractivity contribution < 1.29 is 28.6 Å². The van der Waals surface area contributed by atoms with Crippen LogP contribution in [0.15, 0.2) is 134 Å². The summed E-state index contributed by atoms with van der Waals surface area (Å²) in [5.74, 6) is -0.922. The van der Waals surface area contributed by atoms with E-state index in [-0.39, 0.29) is 31.1 Å². The van der Waals surface area contributed by atoms with E-state index < -0.39 is 6.10 Å². The molecule has 0 bridgehead atoms. The zero-order valence-electron chi connectivity index (χ0n) is 47.8. The highest BCUT2D eigenvalue weighted by Gasteiger charge is 2.19. The van der Waals surface area contributed by atoms with Crippen LogP contribution in [0, 0.1) is 0 Å². The molecular weight excluding hydrogens is 913 g/mol. The Hall–Kier alpha value is -4.45. The Kier molecular flexibility index (Phi) is 57.4. The molecule has 0 radical (unpaired) electrons. The first-order valence-corrected chi connectivity index (χ1v) is 30.2. The summed E-state index contributed by atoms with van der Waals surface area (Å²) < 4.78 is 16.8. The quantitative estimate of drug-likeness (QED) is 0.0261. The van der Waals surface area contributed by atoms with Gasteiger partial charge in [0.2, 0.25) is 0 Å². The van der Waals surface area contributed by atoms with Gasteiger partial charge in [-0.15, -0.1) is 0 Å². The molecule has 0 aliphatic rings. The van der Waals surface area contributed by atoms with Gasteiger partial charge in [0.05, 0.1) is 0 Å². The van der Waals surface area contributed by atoms with Crippen LogP contribution in [-0.2, 0) is 28.6 Å². The van der Waals surface area contributed by atoms with Gasteiger partial charge in [0.25, 0.3) is 0 Å². The van der Waals surface area contributed by atoms with Crippen molar-refractivity contribution in [2.75, 3.05) is 13.2 Å². The van der Waals surface area contributed by atoms with Gasteiger partial charge in [0.15, 0.2) is 6.10 Å². The molecule has 74 heavy (non-hydrogen) atoms. The second kappa shape index (κ2) is 61.1. The molecule has 0 aromatic rings. The molecule has 0 aliphatic heterocycles. The Labute approximate surface area is 455 Å². The molecule has 0 fully saturated rings. The van der Waals surface area contributed by atoms with Crippen molar-refractivity contribution in [1.29, 1.82) is 0 Å². The number of rotatable bonds is 53. The molecule has 1 unspecified atom stereocenters. The third kappa shape index (κ3) is 58.4. The number of ether oxygens (including phenoxy) is 3. The minimum atomic E-state index is -0.790. The van der Waals surface area contributed by atoms with E-state index in [9.17, 15) is 14.4 Å². The lowest BCUT2D eigenvalue weighted by molar-refractivity contribution is -0.167. The molecule has 0 heterocycles. The van der Waals surface area contributed by atoms with Gasteiger partial charge in [-0.1, -0.05) is 257 Å². The third-order valence-electron chi connectivity index (χ3n) is 12.4. The number of unbranched alkanes of at least 4 members (excludes halogenated alkanes) is 20. The van der Waals surface area contributed by atoms with Gasteiger partial charge in [-0.3, -0.25) is 14.4 Å². The van der Waals surface area contributed by atoms with Gasteiger partial charge in [-0.2, -0.15) is 0 Å². The first-order chi connectivity index (χ1) is 36.5. The molecule has 418 valence electrons. The Morgan fingerprint density at radius 1 is 0.284 bits per heavy atom. The van der Waals surface area contributed by atoms with Crippen LogP contribution in [0.4, 0.5) is 0 Å². The predicted octanol–water partition coefficient (Wildman–Crippen LogP) is 20.6. The van der Waals surface area contributed by atoms with Crippen molar-refractivity contribution in [1.82, 2.24) is 0 Å². The summed E-state index contributed by atoms with van der Waals surface area (Å²) in [5.41, 5.74) is 0. The number of hydrogen-bond acceptors (Lipinski definition) is 6. The fourth-order valence-corrected chi connectivity index (χ4v) is 7.94. The average Bonchev–Trinajstić information content (AvgIpc) is 3.40.